The molecule has 96 valence electrons. The highest BCUT2D eigenvalue weighted by Gasteiger charge is 2.27. The van der Waals surface area contributed by atoms with Crippen LogP contribution in [0.4, 0.5) is 0 Å². The molecule has 0 aromatic rings. The van der Waals surface area contributed by atoms with Gasteiger partial charge in [0, 0.05) is 0 Å². The Morgan fingerprint density at radius 1 is 1.29 bits per heavy atom. The van der Waals surface area contributed by atoms with E-state index in [1.165, 1.54) is 0 Å². The molecule has 0 bridgehead atoms. The number of rotatable bonds is 4. The maximum Gasteiger partial charge on any atom is 0.308 e. The van der Waals surface area contributed by atoms with Crippen LogP contribution in [0.25, 0.3) is 0 Å². The highest BCUT2D eigenvalue weighted by molar-refractivity contribution is 5.71. The minimum Gasteiger partial charge on any atom is -0.462 e. The van der Waals surface area contributed by atoms with Gasteiger partial charge in [-0.2, -0.15) is 15.5 Å². The Labute approximate surface area is 103 Å². The lowest BCUT2D eigenvalue weighted by molar-refractivity contribution is -0.148. The Bertz CT molecular complexity index is 337. The molecule has 0 aliphatic carbocycles. The van der Waals surface area contributed by atoms with Crippen molar-refractivity contribution < 1.29 is 9.53 Å². The third kappa shape index (κ3) is 6.67. The largest absolute Gasteiger partial charge is 0.462 e. The van der Waals surface area contributed by atoms with Gasteiger partial charge in [0.2, 0.25) is 0 Å². The van der Waals surface area contributed by atoms with E-state index in [9.17, 15) is 4.79 Å². The van der Waals surface area contributed by atoms with Crippen LogP contribution in [0.15, 0.2) is 10.2 Å². The smallest absolute Gasteiger partial charge is 0.308 e. The van der Waals surface area contributed by atoms with Crippen LogP contribution < -0.4 is 0 Å². The summed E-state index contributed by atoms with van der Waals surface area (Å²) in [6.45, 7) is 10.7. The number of nitriles is 1. The number of hydrogen-bond donors (Lipinski definition) is 0. The predicted molar refractivity (Wildman–Crippen MR) is 64.4 cm³/mol. The summed E-state index contributed by atoms with van der Waals surface area (Å²) >= 11 is 0. The summed E-state index contributed by atoms with van der Waals surface area (Å²) in [5.74, 6) is -0.546. The zero-order chi connectivity index (χ0) is 13.7. The predicted octanol–water partition coefficient (Wildman–Crippen LogP) is 2.72. The van der Waals surface area contributed by atoms with Crippen LogP contribution in [0.1, 0.15) is 41.5 Å². The van der Waals surface area contributed by atoms with Crippen LogP contribution in [0.3, 0.4) is 0 Å². The Hall–Kier alpha value is -1.44. The quantitative estimate of drug-likeness (QED) is 0.559. The Morgan fingerprint density at radius 3 is 2.18 bits per heavy atom. The molecular weight excluding hydrogens is 218 g/mol. The van der Waals surface area contributed by atoms with Gasteiger partial charge >= 0.3 is 5.97 Å². The van der Waals surface area contributed by atoms with E-state index in [-0.39, 0.29) is 24.0 Å². The SMILES string of the molecule is CC(C)C(=O)OCC(C)(C#N)/N=N/C(C)(C)C. The van der Waals surface area contributed by atoms with Crippen molar-refractivity contribution in [3.8, 4) is 6.07 Å². The summed E-state index contributed by atoms with van der Waals surface area (Å²) in [6.07, 6.45) is 0. The fraction of sp³-hybridized carbons (Fsp3) is 0.833. The highest BCUT2D eigenvalue weighted by Crippen LogP contribution is 2.16. The van der Waals surface area contributed by atoms with Crippen LogP contribution in [0.5, 0.6) is 0 Å². The van der Waals surface area contributed by atoms with Crippen molar-refractivity contribution in [2.75, 3.05) is 6.61 Å². The van der Waals surface area contributed by atoms with Crippen LogP contribution in [0, 0.1) is 17.2 Å². The first-order chi connectivity index (χ1) is 7.59. The molecule has 0 aromatic carbocycles. The van der Waals surface area contributed by atoms with Gasteiger partial charge in [0.15, 0.2) is 5.54 Å². The minimum absolute atomic E-state index is 0.0694. The minimum atomic E-state index is -1.11. The topological polar surface area (TPSA) is 74.8 Å². The average molecular weight is 239 g/mol. The van der Waals surface area contributed by atoms with Gasteiger partial charge in [-0.15, -0.1) is 0 Å². The summed E-state index contributed by atoms with van der Waals surface area (Å²) < 4.78 is 5.01. The van der Waals surface area contributed by atoms with Gasteiger partial charge in [-0.25, -0.2) is 0 Å². The number of carbonyl (C=O) groups excluding carboxylic acids is 1. The van der Waals surface area contributed by atoms with E-state index in [4.69, 9.17) is 10.00 Å². The molecule has 0 aromatic heterocycles. The first-order valence-electron chi connectivity index (χ1n) is 5.61. The van der Waals surface area contributed by atoms with Gasteiger partial charge < -0.3 is 4.74 Å². The lowest BCUT2D eigenvalue weighted by atomic mass is 10.1. The molecule has 0 aliphatic rings. The van der Waals surface area contributed by atoms with E-state index in [1.807, 2.05) is 26.8 Å². The number of ether oxygens (including phenoxy) is 1. The van der Waals surface area contributed by atoms with Crippen LogP contribution >= 0.6 is 0 Å². The van der Waals surface area contributed by atoms with E-state index in [0.29, 0.717) is 0 Å². The van der Waals surface area contributed by atoms with Gasteiger partial charge in [0.05, 0.1) is 17.5 Å². The third-order valence-electron chi connectivity index (χ3n) is 1.78. The normalized spacial score (nSPS) is 15.6. The van der Waals surface area contributed by atoms with Crippen molar-refractivity contribution in [3.63, 3.8) is 0 Å². The molecule has 0 fully saturated rings. The standard InChI is InChI=1S/C12H21N3O2/c1-9(2)10(16)17-8-12(6,7-13)15-14-11(3,4)5/h9H,8H2,1-6H3/b15-14+. The second-order valence-corrected chi connectivity index (χ2v) is 5.52. The van der Waals surface area contributed by atoms with Gasteiger partial charge in [0.25, 0.3) is 0 Å². The summed E-state index contributed by atoms with van der Waals surface area (Å²) in [5, 5.41) is 17.0. The molecule has 5 heteroatoms. The van der Waals surface area contributed by atoms with Crippen LogP contribution in [-0.4, -0.2) is 23.7 Å². The second kappa shape index (κ2) is 5.76. The number of nitrogens with zero attached hydrogens (tertiary/aromatic N) is 3. The van der Waals surface area contributed by atoms with Crippen LogP contribution in [0.2, 0.25) is 0 Å². The molecule has 0 saturated heterocycles. The first-order valence-corrected chi connectivity index (χ1v) is 5.61. The lowest BCUT2D eigenvalue weighted by Gasteiger charge is -2.18. The Kier molecular flexibility index (Phi) is 5.27. The molecule has 1 unspecified atom stereocenters. The fourth-order valence-corrected chi connectivity index (χ4v) is 0.722. The fourth-order valence-electron chi connectivity index (χ4n) is 0.722. The van der Waals surface area contributed by atoms with Gasteiger partial charge in [-0.05, 0) is 27.7 Å². The maximum absolute atomic E-state index is 11.3. The molecule has 0 spiro atoms. The van der Waals surface area contributed by atoms with Crippen molar-refractivity contribution >= 4 is 5.97 Å². The summed E-state index contributed by atoms with van der Waals surface area (Å²) in [6, 6.07) is 2.01. The molecule has 1 atom stereocenters. The molecule has 0 radical (unpaired) electrons. The molecule has 17 heavy (non-hydrogen) atoms. The zero-order valence-electron chi connectivity index (χ0n) is 11.4. The number of azo groups is 1. The molecule has 0 rings (SSSR count). The van der Waals surface area contributed by atoms with E-state index in [2.05, 4.69) is 10.2 Å². The van der Waals surface area contributed by atoms with Crippen molar-refractivity contribution in [2.45, 2.75) is 52.6 Å². The monoisotopic (exact) mass is 239 g/mol. The average Bonchev–Trinajstić information content (AvgIpc) is 2.22. The van der Waals surface area contributed by atoms with E-state index >= 15 is 0 Å². The number of hydrogen-bond acceptors (Lipinski definition) is 5. The van der Waals surface area contributed by atoms with Crippen molar-refractivity contribution in [1.82, 2.24) is 0 Å². The molecular formula is C12H21N3O2. The van der Waals surface area contributed by atoms with Gasteiger partial charge in [-0.3, -0.25) is 4.79 Å². The van der Waals surface area contributed by atoms with Crippen molar-refractivity contribution in [2.24, 2.45) is 16.1 Å². The summed E-state index contributed by atoms with van der Waals surface area (Å²) in [7, 11) is 0. The van der Waals surface area contributed by atoms with Gasteiger partial charge in [0.1, 0.15) is 6.61 Å². The van der Waals surface area contributed by atoms with E-state index in [0.717, 1.165) is 0 Å². The zero-order valence-corrected chi connectivity index (χ0v) is 11.4. The van der Waals surface area contributed by atoms with Gasteiger partial charge in [-0.1, -0.05) is 13.8 Å². The first kappa shape index (κ1) is 15.6. The Morgan fingerprint density at radius 2 is 1.82 bits per heavy atom. The molecule has 0 N–H and O–H groups in total. The van der Waals surface area contributed by atoms with Crippen molar-refractivity contribution in [1.29, 1.82) is 5.26 Å². The number of carbonyl (C=O) groups is 1. The summed E-state index contributed by atoms with van der Waals surface area (Å²) in [5.41, 5.74) is -1.46. The second-order valence-electron chi connectivity index (χ2n) is 5.52. The Balaban J connectivity index is 4.56. The molecule has 0 heterocycles. The molecule has 0 amide bonds. The third-order valence-corrected chi connectivity index (χ3v) is 1.78. The molecule has 0 aliphatic heterocycles. The van der Waals surface area contributed by atoms with E-state index < -0.39 is 5.54 Å². The summed E-state index contributed by atoms with van der Waals surface area (Å²) in [4.78, 5) is 11.3. The van der Waals surface area contributed by atoms with Crippen LogP contribution in [-0.2, 0) is 9.53 Å². The molecule has 0 saturated carbocycles. The molecule has 5 nitrogen and oxygen atoms in total. The maximum atomic E-state index is 11.3. The van der Waals surface area contributed by atoms with Crippen molar-refractivity contribution in [3.05, 3.63) is 0 Å². The lowest BCUT2D eigenvalue weighted by Crippen LogP contribution is -2.30. The highest BCUT2D eigenvalue weighted by atomic mass is 16.5. The van der Waals surface area contributed by atoms with E-state index in [1.54, 1.807) is 20.8 Å². The number of esters is 1.